The van der Waals surface area contributed by atoms with Crippen molar-refractivity contribution in [1.29, 1.82) is 0 Å². The number of hydrogen-bond donors (Lipinski definition) is 2. The average Bonchev–Trinajstić information content (AvgIpc) is 3.39. The third-order valence-corrected chi connectivity index (χ3v) is 9.88. The van der Waals surface area contributed by atoms with Crippen LogP contribution < -0.4 is 10.6 Å². The molecule has 1 aromatic carbocycles. The van der Waals surface area contributed by atoms with Crippen molar-refractivity contribution in [3.8, 4) is 0 Å². The molecule has 1 fully saturated rings. The summed E-state index contributed by atoms with van der Waals surface area (Å²) < 4.78 is 46.3. The average molecular weight is 538 g/mol. The van der Waals surface area contributed by atoms with Crippen molar-refractivity contribution in [2.45, 2.75) is 75.9 Å². The van der Waals surface area contributed by atoms with Gasteiger partial charge in [-0.05, 0) is 83.7 Å². The third-order valence-electron chi connectivity index (χ3n) is 6.49. The predicted molar refractivity (Wildman–Crippen MR) is 136 cm³/mol. The van der Waals surface area contributed by atoms with Crippen LogP contribution >= 0.6 is 11.3 Å². The highest BCUT2D eigenvalue weighted by atomic mass is 32.2. The summed E-state index contributed by atoms with van der Waals surface area (Å²) in [6.45, 7) is 10.2. The number of halogens is 1. The van der Waals surface area contributed by atoms with Gasteiger partial charge in [0.2, 0.25) is 15.9 Å². The first-order chi connectivity index (χ1) is 16.8. The number of nitrogens with zero attached hydrogens (tertiary/aromatic N) is 1. The number of fused-ring (bicyclic) bond motifs is 1. The molecular weight excluding hydrogens is 505 g/mol. The van der Waals surface area contributed by atoms with Crippen LogP contribution in [0.5, 0.6) is 0 Å². The van der Waals surface area contributed by atoms with E-state index < -0.39 is 39.3 Å². The zero-order chi connectivity index (χ0) is 26.5. The zero-order valence-electron chi connectivity index (χ0n) is 21.1. The summed E-state index contributed by atoms with van der Waals surface area (Å²) in [6.07, 6.45) is 1.42. The molecular formula is C25H32FN3O5S2. The topological polar surface area (TPSA) is 105 Å². The number of nitrogens with one attached hydrogen (secondary N) is 2. The van der Waals surface area contributed by atoms with Crippen molar-refractivity contribution >= 4 is 38.2 Å². The van der Waals surface area contributed by atoms with Gasteiger partial charge in [0, 0.05) is 22.5 Å². The molecule has 0 aliphatic carbocycles. The van der Waals surface area contributed by atoms with Crippen molar-refractivity contribution in [3.05, 3.63) is 46.1 Å². The number of esters is 1. The number of rotatable bonds is 6. The smallest absolute Gasteiger partial charge is 0.341 e. The summed E-state index contributed by atoms with van der Waals surface area (Å²) in [5.74, 6) is -1.56. The van der Waals surface area contributed by atoms with Gasteiger partial charge in [0.25, 0.3) is 0 Å². The monoisotopic (exact) mass is 537 g/mol. The Bertz CT molecular complexity index is 1290. The normalized spacial score (nSPS) is 21.1. The molecule has 0 radical (unpaired) electrons. The molecule has 2 N–H and O–H groups in total. The molecule has 4 rings (SSSR count). The number of thiophene rings is 1. The van der Waals surface area contributed by atoms with E-state index in [2.05, 4.69) is 24.5 Å². The Morgan fingerprint density at radius 1 is 1.22 bits per heavy atom. The molecule has 0 spiro atoms. The minimum absolute atomic E-state index is 0.0718. The van der Waals surface area contributed by atoms with E-state index in [9.17, 15) is 22.4 Å². The number of ether oxygens (including phenoxy) is 1. The van der Waals surface area contributed by atoms with Gasteiger partial charge in [0.1, 0.15) is 16.9 Å². The number of carbonyl (C=O) groups is 2. The van der Waals surface area contributed by atoms with Crippen LogP contribution in [0.25, 0.3) is 0 Å². The molecule has 0 bridgehead atoms. The third kappa shape index (κ3) is 4.93. The molecule has 2 aliphatic rings. The molecule has 1 amide bonds. The maximum atomic E-state index is 13.5. The predicted octanol–water partition coefficient (Wildman–Crippen LogP) is 4.02. The van der Waals surface area contributed by atoms with Gasteiger partial charge in [0.15, 0.2) is 0 Å². The molecule has 3 heterocycles. The summed E-state index contributed by atoms with van der Waals surface area (Å²) in [6, 6.07) is 3.60. The molecule has 0 saturated carbocycles. The first kappa shape index (κ1) is 26.7. The van der Waals surface area contributed by atoms with E-state index in [0.717, 1.165) is 26.9 Å². The quantitative estimate of drug-likeness (QED) is 0.540. The van der Waals surface area contributed by atoms with E-state index in [0.29, 0.717) is 29.8 Å². The van der Waals surface area contributed by atoms with Crippen molar-refractivity contribution in [3.63, 3.8) is 0 Å². The lowest BCUT2D eigenvalue weighted by Crippen LogP contribution is -2.55. The summed E-state index contributed by atoms with van der Waals surface area (Å²) >= 11 is 1.31. The van der Waals surface area contributed by atoms with E-state index >= 15 is 0 Å². The second-order valence-electron chi connectivity index (χ2n) is 10.4. The molecule has 2 aromatic rings. The van der Waals surface area contributed by atoms with Crippen molar-refractivity contribution in [1.82, 2.24) is 9.62 Å². The van der Waals surface area contributed by atoms with Crippen molar-refractivity contribution in [2.24, 2.45) is 0 Å². The Morgan fingerprint density at radius 2 is 1.89 bits per heavy atom. The second-order valence-corrected chi connectivity index (χ2v) is 13.3. The molecule has 2 aliphatic heterocycles. The maximum absolute atomic E-state index is 13.5. The lowest BCUT2D eigenvalue weighted by atomic mass is 9.81. The Balaban J connectivity index is 1.68. The highest BCUT2D eigenvalue weighted by Gasteiger charge is 2.44. The van der Waals surface area contributed by atoms with Gasteiger partial charge in [-0.25, -0.2) is 17.6 Å². The Hall–Kier alpha value is -2.34. The van der Waals surface area contributed by atoms with Crippen LogP contribution in [0.1, 0.15) is 68.3 Å². The fourth-order valence-electron chi connectivity index (χ4n) is 5.26. The highest BCUT2D eigenvalue weighted by molar-refractivity contribution is 7.89. The molecule has 36 heavy (non-hydrogen) atoms. The van der Waals surface area contributed by atoms with Crippen LogP contribution in [0, 0.1) is 5.82 Å². The maximum Gasteiger partial charge on any atom is 0.341 e. The fourth-order valence-corrected chi connectivity index (χ4v) is 8.19. The summed E-state index contributed by atoms with van der Waals surface area (Å²) in [4.78, 5) is 27.3. The van der Waals surface area contributed by atoms with Crippen LogP contribution in [-0.4, -0.2) is 49.3 Å². The molecule has 1 aromatic heterocycles. The highest BCUT2D eigenvalue weighted by Crippen LogP contribution is 2.45. The lowest BCUT2D eigenvalue weighted by Gasteiger charge is -2.42. The van der Waals surface area contributed by atoms with E-state index in [-0.39, 0.29) is 23.6 Å². The molecule has 196 valence electrons. The van der Waals surface area contributed by atoms with E-state index in [4.69, 9.17) is 4.74 Å². The van der Waals surface area contributed by atoms with E-state index in [1.165, 1.54) is 23.5 Å². The van der Waals surface area contributed by atoms with Crippen LogP contribution in [-0.2, 0) is 31.5 Å². The van der Waals surface area contributed by atoms with Gasteiger partial charge in [-0.3, -0.25) is 4.79 Å². The summed E-state index contributed by atoms with van der Waals surface area (Å²) in [7, 11) is -4.01. The Kier molecular flexibility index (Phi) is 7.06. The number of amides is 1. The largest absolute Gasteiger partial charge is 0.462 e. The van der Waals surface area contributed by atoms with E-state index in [1.807, 2.05) is 13.8 Å². The van der Waals surface area contributed by atoms with Gasteiger partial charge in [0.05, 0.1) is 17.1 Å². The van der Waals surface area contributed by atoms with E-state index in [1.54, 1.807) is 6.92 Å². The summed E-state index contributed by atoms with van der Waals surface area (Å²) in [5.41, 5.74) is 0.437. The number of carbonyl (C=O) groups excluding carboxylic acids is 2. The molecule has 11 heteroatoms. The number of anilines is 1. The minimum Gasteiger partial charge on any atom is -0.462 e. The van der Waals surface area contributed by atoms with Gasteiger partial charge in [-0.1, -0.05) is 0 Å². The van der Waals surface area contributed by atoms with Crippen molar-refractivity contribution < 1.29 is 27.1 Å². The lowest BCUT2D eigenvalue weighted by molar-refractivity contribution is -0.119. The van der Waals surface area contributed by atoms with Crippen LogP contribution in [0.3, 0.4) is 0 Å². The molecule has 1 atom stereocenters. The number of benzene rings is 1. The van der Waals surface area contributed by atoms with Crippen molar-refractivity contribution in [2.75, 3.05) is 18.5 Å². The number of hydrogen-bond acceptors (Lipinski definition) is 7. The van der Waals surface area contributed by atoms with Crippen LogP contribution in [0.15, 0.2) is 29.2 Å². The molecule has 1 unspecified atom stereocenters. The minimum atomic E-state index is -4.01. The molecule has 1 saturated heterocycles. The van der Waals surface area contributed by atoms with Gasteiger partial charge < -0.3 is 15.4 Å². The number of sulfonamides is 1. The zero-order valence-corrected chi connectivity index (χ0v) is 22.7. The van der Waals surface area contributed by atoms with Gasteiger partial charge >= 0.3 is 5.97 Å². The second kappa shape index (κ2) is 9.51. The molecule has 8 nitrogen and oxygen atoms in total. The first-order valence-corrected chi connectivity index (χ1v) is 14.2. The SMILES string of the molecule is CCOC(=O)c1c(NC(=O)C2CCCN2S(=O)(=O)c2ccc(F)cc2)sc2c1CC(C)(C)NC2(C)C. The Labute approximate surface area is 215 Å². The van der Waals surface area contributed by atoms with Gasteiger partial charge in [-0.15, -0.1) is 11.3 Å². The summed E-state index contributed by atoms with van der Waals surface area (Å²) in [5, 5.41) is 6.81. The van der Waals surface area contributed by atoms with Crippen LogP contribution in [0.4, 0.5) is 9.39 Å². The first-order valence-electron chi connectivity index (χ1n) is 12.0. The standard InChI is InChI=1S/C25H32FN3O5S2/c1-6-34-23(31)19-17-14-24(2,3)28-25(4,5)20(17)35-22(19)27-21(30)18-8-7-13-29(18)36(32,33)16-11-9-15(26)10-12-16/h9-12,18,28H,6-8,13-14H2,1-5H3,(H,27,30). The van der Waals surface area contributed by atoms with Gasteiger partial charge in [-0.2, -0.15) is 4.31 Å². The Morgan fingerprint density at radius 3 is 2.53 bits per heavy atom. The fraction of sp³-hybridized carbons (Fsp3) is 0.520. The van der Waals surface area contributed by atoms with Crippen LogP contribution in [0.2, 0.25) is 0 Å².